The van der Waals surface area contributed by atoms with Crippen LogP contribution in [0.4, 0.5) is 0 Å². The largest absolute Gasteiger partial charge is 0.466 e. The lowest BCUT2D eigenvalue weighted by Gasteiger charge is -2.04. The molecular weight excluding hydrogens is 358 g/mol. The molecule has 0 unspecified atom stereocenters. The Kier molecular flexibility index (Phi) is 5.71. The van der Waals surface area contributed by atoms with Crippen molar-refractivity contribution in [1.29, 1.82) is 0 Å². The summed E-state index contributed by atoms with van der Waals surface area (Å²) >= 11 is 7.47. The Morgan fingerprint density at radius 3 is 2.84 bits per heavy atom. The lowest BCUT2D eigenvalue weighted by molar-refractivity contribution is -0.116. The van der Waals surface area contributed by atoms with E-state index in [2.05, 4.69) is 5.32 Å². The third-order valence-electron chi connectivity index (χ3n) is 3.52. The molecular formula is C19H16ClNO3S. The maximum absolute atomic E-state index is 11.9. The quantitative estimate of drug-likeness (QED) is 0.629. The Balaban J connectivity index is 1.55. The van der Waals surface area contributed by atoms with E-state index in [-0.39, 0.29) is 5.91 Å². The zero-order valence-corrected chi connectivity index (χ0v) is 14.8. The van der Waals surface area contributed by atoms with Gasteiger partial charge in [-0.25, -0.2) is 0 Å². The average molecular weight is 374 g/mol. The minimum Gasteiger partial charge on any atom is -0.466 e. The van der Waals surface area contributed by atoms with Gasteiger partial charge in [-0.3, -0.25) is 4.79 Å². The number of carbonyl (C=O) groups is 1. The number of rotatable bonds is 6. The highest BCUT2D eigenvalue weighted by atomic mass is 35.5. The summed E-state index contributed by atoms with van der Waals surface area (Å²) in [6.45, 7) is 0.390. The minimum atomic E-state index is -0.787. The lowest BCUT2D eigenvalue weighted by atomic mass is 10.2. The van der Waals surface area contributed by atoms with Crippen molar-refractivity contribution in [2.24, 2.45) is 0 Å². The summed E-state index contributed by atoms with van der Waals surface area (Å²) in [6.07, 6.45) is 3.87. The van der Waals surface area contributed by atoms with Gasteiger partial charge < -0.3 is 14.8 Å². The molecule has 6 heteroatoms. The Hall–Kier alpha value is -2.34. The molecule has 128 valence electrons. The molecule has 3 rings (SSSR count). The van der Waals surface area contributed by atoms with Crippen molar-refractivity contribution in [2.75, 3.05) is 0 Å². The molecule has 2 heterocycles. The van der Waals surface area contributed by atoms with Gasteiger partial charge in [-0.15, -0.1) is 11.3 Å². The fourth-order valence-corrected chi connectivity index (χ4v) is 3.38. The number of aliphatic hydroxyl groups is 1. The molecule has 0 saturated heterocycles. The molecule has 0 radical (unpaired) electrons. The molecule has 1 aromatic carbocycles. The van der Waals surface area contributed by atoms with Crippen molar-refractivity contribution in [3.8, 4) is 0 Å². The minimum absolute atomic E-state index is 0.207. The van der Waals surface area contributed by atoms with E-state index in [9.17, 15) is 9.90 Å². The third kappa shape index (κ3) is 4.60. The summed E-state index contributed by atoms with van der Waals surface area (Å²) in [5.41, 5.74) is 0.791. The number of hydrogen-bond acceptors (Lipinski definition) is 4. The zero-order valence-electron chi connectivity index (χ0n) is 13.2. The Labute approximate surface area is 154 Å². The first-order valence-corrected chi connectivity index (χ1v) is 8.83. The second-order valence-electron chi connectivity index (χ2n) is 5.29. The monoisotopic (exact) mass is 373 g/mol. The molecule has 0 aliphatic rings. The molecule has 0 bridgehead atoms. The molecule has 0 aliphatic heterocycles. The van der Waals surface area contributed by atoms with E-state index in [1.807, 2.05) is 30.3 Å². The van der Waals surface area contributed by atoms with Crippen LogP contribution in [0.5, 0.6) is 0 Å². The Morgan fingerprint density at radius 1 is 1.24 bits per heavy atom. The van der Waals surface area contributed by atoms with Gasteiger partial charge in [0, 0.05) is 20.9 Å². The standard InChI is InChI=1S/C19H16ClNO3S/c20-15-5-2-1-4-13(15)7-10-18(22)21-12-14-8-9-17(25-14)19(23)16-6-3-11-24-16/h1-11,19,23H,12H2,(H,21,22)/b10-7+/t19-/m0/s1. The van der Waals surface area contributed by atoms with Crippen molar-refractivity contribution >= 4 is 34.9 Å². The van der Waals surface area contributed by atoms with Gasteiger partial charge >= 0.3 is 0 Å². The highest BCUT2D eigenvalue weighted by Gasteiger charge is 2.15. The fourth-order valence-electron chi connectivity index (χ4n) is 2.23. The van der Waals surface area contributed by atoms with Crippen molar-refractivity contribution < 1.29 is 14.3 Å². The number of amides is 1. The van der Waals surface area contributed by atoms with E-state index in [0.29, 0.717) is 17.3 Å². The van der Waals surface area contributed by atoms with Gasteiger partial charge in [0.1, 0.15) is 11.9 Å². The van der Waals surface area contributed by atoms with Crippen LogP contribution >= 0.6 is 22.9 Å². The number of furan rings is 1. The number of aliphatic hydroxyl groups excluding tert-OH is 1. The van der Waals surface area contributed by atoms with Crippen LogP contribution in [0.25, 0.3) is 6.08 Å². The zero-order chi connectivity index (χ0) is 17.6. The molecule has 1 amide bonds. The number of nitrogens with one attached hydrogen (secondary N) is 1. The van der Waals surface area contributed by atoms with Crippen molar-refractivity contribution in [1.82, 2.24) is 5.32 Å². The summed E-state index contributed by atoms with van der Waals surface area (Å²) < 4.78 is 5.21. The number of hydrogen-bond donors (Lipinski definition) is 2. The first-order valence-electron chi connectivity index (χ1n) is 7.64. The van der Waals surface area contributed by atoms with Crippen molar-refractivity contribution in [3.05, 3.63) is 87.0 Å². The number of benzene rings is 1. The van der Waals surface area contributed by atoms with Crippen molar-refractivity contribution in [2.45, 2.75) is 12.6 Å². The van der Waals surface area contributed by atoms with Crippen LogP contribution in [0.2, 0.25) is 5.02 Å². The van der Waals surface area contributed by atoms with Gasteiger partial charge in [0.05, 0.1) is 12.8 Å². The third-order valence-corrected chi connectivity index (χ3v) is 5.00. The van der Waals surface area contributed by atoms with E-state index in [4.69, 9.17) is 16.0 Å². The van der Waals surface area contributed by atoms with Crippen LogP contribution in [0, 0.1) is 0 Å². The van der Waals surface area contributed by atoms with Crippen molar-refractivity contribution in [3.63, 3.8) is 0 Å². The average Bonchev–Trinajstić information content (AvgIpc) is 3.30. The number of thiophene rings is 1. The highest BCUT2D eigenvalue weighted by Crippen LogP contribution is 2.28. The maximum Gasteiger partial charge on any atom is 0.244 e. The van der Waals surface area contributed by atoms with Gasteiger partial charge in [-0.2, -0.15) is 0 Å². The number of halogens is 1. The molecule has 0 aliphatic carbocycles. The van der Waals surface area contributed by atoms with Gasteiger partial charge in [-0.05, 0) is 42.0 Å². The summed E-state index contributed by atoms with van der Waals surface area (Å²) in [7, 11) is 0. The lowest BCUT2D eigenvalue weighted by Crippen LogP contribution is -2.19. The summed E-state index contributed by atoms with van der Waals surface area (Å²) in [5.74, 6) is 0.293. The molecule has 0 spiro atoms. The molecule has 0 fully saturated rings. The highest BCUT2D eigenvalue weighted by molar-refractivity contribution is 7.12. The van der Waals surface area contributed by atoms with Crippen LogP contribution in [0.1, 0.15) is 27.2 Å². The van der Waals surface area contributed by atoms with E-state index in [0.717, 1.165) is 15.3 Å². The Bertz CT molecular complexity index is 870. The molecule has 2 N–H and O–H groups in total. The van der Waals surface area contributed by atoms with Crippen LogP contribution in [0.15, 0.2) is 65.3 Å². The number of carbonyl (C=O) groups excluding carboxylic acids is 1. The SMILES string of the molecule is O=C(/C=C/c1ccccc1Cl)NCc1ccc([C@@H](O)c2ccco2)s1. The fraction of sp³-hybridized carbons (Fsp3) is 0.105. The maximum atomic E-state index is 11.9. The van der Waals surface area contributed by atoms with Crippen LogP contribution in [-0.4, -0.2) is 11.0 Å². The van der Waals surface area contributed by atoms with E-state index < -0.39 is 6.10 Å². The van der Waals surface area contributed by atoms with Crippen LogP contribution < -0.4 is 5.32 Å². The summed E-state index contributed by atoms with van der Waals surface area (Å²) in [5, 5.41) is 13.6. The molecule has 2 aromatic heterocycles. The first kappa shape index (κ1) is 17.5. The molecule has 4 nitrogen and oxygen atoms in total. The summed E-state index contributed by atoms with van der Waals surface area (Å²) in [4.78, 5) is 13.6. The summed E-state index contributed by atoms with van der Waals surface area (Å²) in [6, 6.07) is 14.5. The van der Waals surface area contributed by atoms with Gasteiger partial charge in [0.25, 0.3) is 0 Å². The van der Waals surface area contributed by atoms with Crippen LogP contribution in [0.3, 0.4) is 0 Å². The topological polar surface area (TPSA) is 62.5 Å². The second-order valence-corrected chi connectivity index (χ2v) is 6.90. The first-order chi connectivity index (χ1) is 12.1. The molecule has 0 saturated carbocycles. The second kappa shape index (κ2) is 8.16. The normalized spacial score (nSPS) is 12.4. The van der Waals surface area contributed by atoms with Gasteiger partial charge in [0.15, 0.2) is 0 Å². The Morgan fingerprint density at radius 2 is 2.08 bits per heavy atom. The predicted molar refractivity (Wildman–Crippen MR) is 99.4 cm³/mol. The van der Waals surface area contributed by atoms with E-state index in [1.54, 1.807) is 24.3 Å². The predicted octanol–water partition coefficient (Wildman–Crippen LogP) is 4.41. The molecule has 3 aromatic rings. The van der Waals surface area contributed by atoms with E-state index >= 15 is 0 Å². The smallest absolute Gasteiger partial charge is 0.244 e. The van der Waals surface area contributed by atoms with Crippen LogP contribution in [-0.2, 0) is 11.3 Å². The van der Waals surface area contributed by atoms with E-state index in [1.165, 1.54) is 23.7 Å². The van der Waals surface area contributed by atoms with Gasteiger partial charge in [0.2, 0.25) is 5.91 Å². The van der Waals surface area contributed by atoms with Gasteiger partial charge in [-0.1, -0.05) is 29.8 Å². The molecule has 25 heavy (non-hydrogen) atoms. The molecule has 1 atom stereocenters.